The van der Waals surface area contributed by atoms with Crippen molar-refractivity contribution in [3.8, 4) is 5.75 Å². The third-order valence-corrected chi connectivity index (χ3v) is 4.38. The third-order valence-electron chi connectivity index (χ3n) is 4.38. The fourth-order valence-electron chi connectivity index (χ4n) is 3.03. The second-order valence-electron chi connectivity index (χ2n) is 6.28. The summed E-state index contributed by atoms with van der Waals surface area (Å²) in [6.45, 7) is 4.33. The number of amides is 1. The van der Waals surface area contributed by atoms with Crippen LogP contribution in [0.5, 0.6) is 5.75 Å². The van der Waals surface area contributed by atoms with Gasteiger partial charge in [-0.15, -0.1) is 0 Å². The molecule has 6 nitrogen and oxygen atoms in total. The third kappa shape index (κ3) is 4.43. The standard InChI is InChI=1S/C17H24N2O4/c20-16(19-8-10-22-11-9-19)12-18-7-6-17(21,13-18)14-23-15-4-2-1-3-5-15/h1-5,21H,6-14H2. The van der Waals surface area contributed by atoms with Gasteiger partial charge >= 0.3 is 0 Å². The predicted molar refractivity (Wildman–Crippen MR) is 85.3 cm³/mol. The molecule has 6 heteroatoms. The Kier molecular flexibility index (Phi) is 5.15. The van der Waals surface area contributed by atoms with Crippen LogP contribution in [0, 0.1) is 0 Å². The van der Waals surface area contributed by atoms with Crippen molar-refractivity contribution in [2.45, 2.75) is 12.0 Å². The molecule has 0 aromatic heterocycles. The Morgan fingerprint density at radius 3 is 2.70 bits per heavy atom. The van der Waals surface area contributed by atoms with Crippen LogP contribution in [0.2, 0.25) is 0 Å². The van der Waals surface area contributed by atoms with Gasteiger partial charge in [-0.05, 0) is 18.6 Å². The topological polar surface area (TPSA) is 62.2 Å². The van der Waals surface area contributed by atoms with Crippen molar-refractivity contribution in [3.05, 3.63) is 30.3 Å². The van der Waals surface area contributed by atoms with Gasteiger partial charge in [-0.1, -0.05) is 18.2 Å². The molecule has 2 heterocycles. The largest absolute Gasteiger partial charge is 0.491 e. The summed E-state index contributed by atoms with van der Waals surface area (Å²) >= 11 is 0. The zero-order valence-electron chi connectivity index (χ0n) is 13.3. The van der Waals surface area contributed by atoms with Crippen LogP contribution in [0.15, 0.2) is 30.3 Å². The molecule has 1 N–H and O–H groups in total. The maximum atomic E-state index is 12.3. The second-order valence-corrected chi connectivity index (χ2v) is 6.28. The van der Waals surface area contributed by atoms with Gasteiger partial charge in [0.05, 0.1) is 19.8 Å². The molecule has 1 unspecified atom stereocenters. The first-order valence-electron chi connectivity index (χ1n) is 8.13. The van der Waals surface area contributed by atoms with E-state index in [4.69, 9.17) is 9.47 Å². The maximum absolute atomic E-state index is 12.3. The van der Waals surface area contributed by atoms with Crippen molar-refractivity contribution in [1.29, 1.82) is 0 Å². The number of nitrogens with zero attached hydrogens (tertiary/aromatic N) is 2. The van der Waals surface area contributed by atoms with Gasteiger partial charge in [-0.2, -0.15) is 0 Å². The van der Waals surface area contributed by atoms with Crippen molar-refractivity contribution >= 4 is 5.91 Å². The monoisotopic (exact) mass is 320 g/mol. The SMILES string of the molecule is O=C(CN1CCC(O)(COc2ccccc2)C1)N1CCOCC1. The van der Waals surface area contributed by atoms with E-state index in [1.54, 1.807) is 0 Å². The maximum Gasteiger partial charge on any atom is 0.236 e. The Balaban J connectivity index is 1.46. The minimum atomic E-state index is -0.888. The minimum Gasteiger partial charge on any atom is -0.491 e. The lowest BCUT2D eigenvalue weighted by molar-refractivity contribution is -0.136. The van der Waals surface area contributed by atoms with Crippen molar-refractivity contribution in [1.82, 2.24) is 9.80 Å². The quantitative estimate of drug-likeness (QED) is 0.849. The van der Waals surface area contributed by atoms with Crippen molar-refractivity contribution in [2.24, 2.45) is 0 Å². The normalized spacial score (nSPS) is 25.5. The highest BCUT2D eigenvalue weighted by atomic mass is 16.5. The van der Waals surface area contributed by atoms with Gasteiger partial charge in [0, 0.05) is 26.2 Å². The smallest absolute Gasteiger partial charge is 0.236 e. The van der Waals surface area contributed by atoms with Gasteiger partial charge in [0.1, 0.15) is 18.0 Å². The summed E-state index contributed by atoms with van der Waals surface area (Å²) in [6.07, 6.45) is 0.621. The predicted octanol–water partition coefficient (Wildman–Crippen LogP) is 0.361. The Bertz CT molecular complexity index is 519. The highest BCUT2D eigenvalue weighted by Crippen LogP contribution is 2.23. The van der Waals surface area contributed by atoms with Crippen LogP contribution < -0.4 is 4.74 Å². The molecule has 0 saturated carbocycles. The van der Waals surface area contributed by atoms with E-state index >= 15 is 0 Å². The zero-order valence-corrected chi connectivity index (χ0v) is 13.3. The fraction of sp³-hybridized carbons (Fsp3) is 0.588. The summed E-state index contributed by atoms with van der Waals surface area (Å²) < 4.78 is 10.9. The number of ether oxygens (including phenoxy) is 2. The Labute approximate surface area is 136 Å². The number of para-hydroxylation sites is 1. The molecule has 1 aromatic carbocycles. The Hall–Kier alpha value is -1.63. The van der Waals surface area contributed by atoms with Crippen molar-refractivity contribution < 1.29 is 19.4 Å². The van der Waals surface area contributed by atoms with E-state index in [1.165, 1.54) is 0 Å². The number of hydrogen-bond acceptors (Lipinski definition) is 5. The number of carbonyl (C=O) groups excluding carboxylic acids is 1. The molecule has 1 atom stereocenters. The fourth-order valence-corrected chi connectivity index (χ4v) is 3.03. The Morgan fingerprint density at radius 2 is 1.96 bits per heavy atom. The van der Waals surface area contributed by atoms with Crippen LogP contribution in [-0.2, 0) is 9.53 Å². The van der Waals surface area contributed by atoms with Crippen LogP contribution in [0.3, 0.4) is 0 Å². The highest BCUT2D eigenvalue weighted by Gasteiger charge is 2.38. The van der Waals surface area contributed by atoms with E-state index in [2.05, 4.69) is 0 Å². The van der Waals surface area contributed by atoms with Gasteiger partial charge in [0.25, 0.3) is 0 Å². The van der Waals surface area contributed by atoms with E-state index in [-0.39, 0.29) is 12.5 Å². The van der Waals surface area contributed by atoms with E-state index in [9.17, 15) is 9.90 Å². The highest BCUT2D eigenvalue weighted by molar-refractivity contribution is 5.78. The van der Waals surface area contributed by atoms with Gasteiger partial charge in [-0.3, -0.25) is 9.69 Å². The summed E-state index contributed by atoms with van der Waals surface area (Å²) in [5.41, 5.74) is -0.888. The van der Waals surface area contributed by atoms with Gasteiger partial charge < -0.3 is 19.5 Å². The summed E-state index contributed by atoms with van der Waals surface area (Å²) in [7, 11) is 0. The number of carbonyl (C=O) groups is 1. The number of likely N-dealkylation sites (tertiary alicyclic amines) is 1. The lowest BCUT2D eigenvalue weighted by Crippen LogP contribution is -2.46. The number of hydrogen-bond donors (Lipinski definition) is 1. The molecule has 1 amide bonds. The van der Waals surface area contributed by atoms with Gasteiger partial charge in [-0.25, -0.2) is 0 Å². The van der Waals surface area contributed by atoms with Crippen molar-refractivity contribution in [3.63, 3.8) is 0 Å². The molecule has 126 valence electrons. The second kappa shape index (κ2) is 7.29. The molecule has 2 aliphatic heterocycles. The van der Waals surface area contributed by atoms with Crippen LogP contribution in [0.1, 0.15) is 6.42 Å². The summed E-state index contributed by atoms with van der Waals surface area (Å²) in [5.74, 6) is 0.866. The van der Waals surface area contributed by atoms with E-state index < -0.39 is 5.60 Å². The average molecular weight is 320 g/mol. The van der Waals surface area contributed by atoms with Crippen LogP contribution in [-0.4, -0.2) is 79.0 Å². The lowest BCUT2D eigenvalue weighted by atomic mass is 10.1. The van der Waals surface area contributed by atoms with Crippen LogP contribution in [0.25, 0.3) is 0 Å². The number of β-amino-alcohol motifs (C(OH)–C–C–N with tert-alkyl or cyclic N) is 1. The number of benzene rings is 1. The van der Waals surface area contributed by atoms with Crippen LogP contribution in [0.4, 0.5) is 0 Å². The molecule has 0 spiro atoms. The first-order chi connectivity index (χ1) is 11.1. The van der Waals surface area contributed by atoms with E-state index in [1.807, 2.05) is 40.1 Å². The number of aliphatic hydroxyl groups is 1. The van der Waals surface area contributed by atoms with Crippen LogP contribution >= 0.6 is 0 Å². The average Bonchev–Trinajstić information content (AvgIpc) is 2.96. The Morgan fingerprint density at radius 1 is 1.22 bits per heavy atom. The van der Waals surface area contributed by atoms with E-state index in [0.717, 1.165) is 5.75 Å². The molecule has 0 radical (unpaired) electrons. The molecule has 0 bridgehead atoms. The molecule has 2 aliphatic rings. The molecule has 23 heavy (non-hydrogen) atoms. The summed E-state index contributed by atoms with van der Waals surface area (Å²) in [4.78, 5) is 16.1. The molecular weight excluding hydrogens is 296 g/mol. The molecular formula is C17H24N2O4. The molecule has 3 rings (SSSR count). The minimum absolute atomic E-state index is 0.113. The lowest BCUT2D eigenvalue weighted by Gasteiger charge is -2.29. The molecule has 1 aromatic rings. The van der Waals surface area contributed by atoms with Gasteiger partial charge in [0.2, 0.25) is 5.91 Å². The summed E-state index contributed by atoms with van der Waals surface area (Å²) in [6, 6.07) is 9.48. The van der Waals surface area contributed by atoms with E-state index in [0.29, 0.717) is 52.4 Å². The number of morpholine rings is 1. The molecule has 2 fully saturated rings. The summed E-state index contributed by atoms with van der Waals surface area (Å²) in [5, 5.41) is 10.6. The first-order valence-corrected chi connectivity index (χ1v) is 8.13. The van der Waals surface area contributed by atoms with Gasteiger partial charge in [0.15, 0.2) is 0 Å². The molecule has 0 aliphatic carbocycles. The first kappa shape index (κ1) is 16.2. The van der Waals surface area contributed by atoms with Crippen molar-refractivity contribution in [2.75, 3.05) is 52.5 Å². The zero-order chi connectivity index (χ0) is 16.1. The molecule has 2 saturated heterocycles. The number of rotatable bonds is 5.